The van der Waals surface area contributed by atoms with E-state index in [2.05, 4.69) is 43.5 Å². The Kier molecular flexibility index (Phi) is 44.0. The Balaban J connectivity index is 3.98. The van der Waals surface area contributed by atoms with Gasteiger partial charge < -0.3 is 28.8 Å². The molecule has 3 atom stereocenters. The Bertz CT molecular complexity index is 1110. The molecule has 0 aromatic carbocycles. The number of nitrogens with zero attached hydrogens (tertiary/aromatic N) is 1. The number of likely N-dealkylation sites (N-methyl/N-ethyl adjacent to an activating group) is 1. The number of carbonyl (C=O) groups is 1. The molecule has 0 rings (SSSR count). The summed E-state index contributed by atoms with van der Waals surface area (Å²) in [5.74, 6) is -0.199. The quantitative estimate of drug-likeness (QED) is 0.0273. The van der Waals surface area contributed by atoms with Crippen LogP contribution in [0, 0.1) is 0 Å². The number of allylic oxidation sites excluding steroid dienone is 5. The van der Waals surface area contributed by atoms with E-state index in [9.17, 15) is 19.4 Å². The average molecular weight is 895 g/mol. The number of quaternary nitrogens is 1. The first kappa shape index (κ1) is 60.7. The van der Waals surface area contributed by atoms with Gasteiger partial charge in [0, 0.05) is 6.42 Å². The van der Waals surface area contributed by atoms with E-state index in [0.29, 0.717) is 17.4 Å². The standard InChI is InChI=1S/C53H103N2O6P/c1-6-8-10-12-14-16-17-18-19-20-21-22-23-24-25-26-27-28-29-30-31-32-33-34-35-36-37-39-41-43-45-47-53(57)54-51(50-61-62(58,59)60-49-48-55(3,4)5)52(56)46-44-42-40-38-15-13-11-9-7-2/h21-22,24-25,44,46,51-52,56H,6-20,23,26-43,45,47-50H2,1-5H3,(H-,54,57,58,59)/b22-21-,25-24-,46-44+. The molecular formula is C53H103N2O6P. The van der Waals surface area contributed by atoms with Gasteiger partial charge >= 0.3 is 0 Å². The van der Waals surface area contributed by atoms with Crippen molar-refractivity contribution in [3.63, 3.8) is 0 Å². The molecule has 0 aliphatic heterocycles. The first-order valence-electron chi connectivity index (χ1n) is 26.4. The van der Waals surface area contributed by atoms with Gasteiger partial charge in [0.2, 0.25) is 5.91 Å². The minimum atomic E-state index is -4.58. The van der Waals surface area contributed by atoms with Gasteiger partial charge in [-0.2, -0.15) is 0 Å². The molecule has 0 spiro atoms. The molecule has 0 saturated carbocycles. The zero-order chi connectivity index (χ0) is 45.7. The lowest BCUT2D eigenvalue weighted by molar-refractivity contribution is -0.870. The molecule has 9 heteroatoms. The number of phosphoric acid groups is 1. The maximum atomic E-state index is 12.9. The van der Waals surface area contributed by atoms with E-state index in [1.54, 1.807) is 6.08 Å². The highest BCUT2D eigenvalue weighted by atomic mass is 31.2. The summed E-state index contributed by atoms with van der Waals surface area (Å²) in [5.41, 5.74) is 0. The third-order valence-corrected chi connectivity index (χ3v) is 12.8. The van der Waals surface area contributed by atoms with Crippen molar-refractivity contribution < 1.29 is 32.9 Å². The first-order valence-corrected chi connectivity index (χ1v) is 27.8. The number of hydrogen-bond donors (Lipinski definition) is 2. The number of unbranched alkanes of at least 4 members (excludes halogenated alkanes) is 31. The average Bonchev–Trinajstić information content (AvgIpc) is 3.23. The molecule has 0 aliphatic rings. The van der Waals surface area contributed by atoms with Crippen LogP contribution in [0.5, 0.6) is 0 Å². The smallest absolute Gasteiger partial charge is 0.268 e. The highest BCUT2D eigenvalue weighted by Gasteiger charge is 2.23. The van der Waals surface area contributed by atoms with Gasteiger partial charge in [0.05, 0.1) is 39.9 Å². The summed E-state index contributed by atoms with van der Waals surface area (Å²) in [6, 6.07) is -0.883. The molecule has 0 aromatic heterocycles. The molecule has 62 heavy (non-hydrogen) atoms. The third-order valence-electron chi connectivity index (χ3n) is 11.8. The Morgan fingerprint density at radius 1 is 0.565 bits per heavy atom. The molecule has 0 saturated heterocycles. The van der Waals surface area contributed by atoms with E-state index in [0.717, 1.165) is 44.9 Å². The summed E-state index contributed by atoms with van der Waals surface area (Å²) in [5, 5.41) is 13.7. The van der Waals surface area contributed by atoms with Crippen LogP contribution in [-0.2, 0) is 18.4 Å². The highest BCUT2D eigenvalue weighted by Crippen LogP contribution is 2.38. The topological polar surface area (TPSA) is 108 Å². The number of phosphoric ester groups is 1. The summed E-state index contributed by atoms with van der Waals surface area (Å²) < 4.78 is 23.2. The molecule has 0 bridgehead atoms. The second-order valence-electron chi connectivity index (χ2n) is 19.2. The van der Waals surface area contributed by atoms with Crippen LogP contribution in [0.4, 0.5) is 0 Å². The van der Waals surface area contributed by atoms with Crippen LogP contribution < -0.4 is 10.2 Å². The van der Waals surface area contributed by atoms with Gasteiger partial charge in [0.15, 0.2) is 0 Å². The van der Waals surface area contributed by atoms with Crippen LogP contribution in [0.3, 0.4) is 0 Å². The molecule has 0 fully saturated rings. The fraction of sp³-hybridized carbons (Fsp3) is 0.868. The van der Waals surface area contributed by atoms with Crippen LogP contribution in [0.25, 0.3) is 0 Å². The fourth-order valence-corrected chi connectivity index (χ4v) is 8.38. The molecule has 0 radical (unpaired) electrons. The van der Waals surface area contributed by atoms with E-state index in [1.165, 1.54) is 180 Å². The Labute approximate surface area is 385 Å². The predicted octanol–water partition coefficient (Wildman–Crippen LogP) is 14.8. The van der Waals surface area contributed by atoms with Gasteiger partial charge in [0.1, 0.15) is 13.2 Å². The molecule has 8 nitrogen and oxygen atoms in total. The van der Waals surface area contributed by atoms with Gasteiger partial charge in [-0.3, -0.25) is 9.36 Å². The molecule has 3 unspecified atom stereocenters. The van der Waals surface area contributed by atoms with Crippen molar-refractivity contribution in [1.29, 1.82) is 0 Å². The second-order valence-corrected chi connectivity index (χ2v) is 20.6. The molecule has 0 aliphatic carbocycles. The minimum Gasteiger partial charge on any atom is -0.756 e. The minimum absolute atomic E-state index is 0.000686. The van der Waals surface area contributed by atoms with Crippen LogP contribution in [0.2, 0.25) is 0 Å². The summed E-state index contributed by atoms with van der Waals surface area (Å²) >= 11 is 0. The molecule has 2 N–H and O–H groups in total. The van der Waals surface area contributed by atoms with Crippen LogP contribution in [0.1, 0.15) is 245 Å². The van der Waals surface area contributed by atoms with E-state index in [-0.39, 0.29) is 19.1 Å². The SMILES string of the molecule is CCCCCCCCC/C=C/C(O)C(COP(=O)([O-])OCC[N+](C)(C)C)NC(=O)CCCCCCCCCCCCCCCCC/C=C\C/C=C\CCCCCCCCCCC. The van der Waals surface area contributed by atoms with Crippen LogP contribution in [0.15, 0.2) is 36.5 Å². The number of hydrogen-bond acceptors (Lipinski definition) is 6. The molecular weight excluding hydrogens is 792 g/mol. The first-order chi connectivity index (χ1) is 30.0. The Morgan fingerprint density at radius 2 is 0.935 bits per heavy atom. The summed E-state index contributed by atoms with van der Waals surface area (Å²) in [6.45, 7) is 4.62. The maximum absolute atomic E-state index is 12.9. The number of nitrogens with one attached hydrogen (secondary N) is 1. The third kappa shape index (κ3) is 46.7. The van der Waals surface area contributed by atoms with E-state index in [1.807, 2.05) is 27.2 Å². The van der Waals surface area contributed by atoms with E-state index >= 15 is 0 Å². The molecule has 0 heterocycles. The van der Waals surface area contributed by atoms with Crippen molar-refractivity contribution in [2.75, 3.05) is 40.9 Å². The zero-order valence-electron chi connectivity index (χ0n) is 41.6. The number of rotatable bonds is 48. The van der Waals surface area contributed by atoms with Gasteiger partial charge in [-0.15, -0.1) is 0 Å². The fourth-order valence-electron chi connectivity index (χ4n) is 7.65. The maximum Gasteiger partial charge on any atom is 0.268 e. The van der Waals surface area contributed by atoms with Crippen molar-refractivity contribution in [3.05, 3.63) is 36.5 Å². The molecule has 366 valence electrons. The van der Waals surface area contributed by atoms with E-state index < -0.39 is 20.0 Å². The van der Waals surface area contributed by atoms with Crippen molar-refractivity contribution in [1.82, 2.24) is 5.32 Å². The van der Waals surface area contributed by atoms with Crippen LogP contribution >= 0.6 is 7.82 Å². The summed E-state index contributed by atoms with van der Waals surface area (Å²) in [4.78, 5) is 25.3. The van der Waals surface area contributed by atoms with Crippen molar-refractivity contribution in [2.24, 2.45) is 0 Å². The lowest BCUT2D eigenvalue weighted by atomic mass is 10.0. The lowest BCUT2D eigenvalue weighted by Gasteiger charge is -2.29. The lowest BCUT2D eigenvalue weighted by Crippen LogP contribution is -2.45. The van der Waals surface area contributed by atoms with Crippen LogP contribution in [-0.4, -0.2) is 68.5 Å². The number of aliphatic hydroxyl groups is 1. The normalized spacial score (nSPS) is 14.4. The number of amides is 1. The predicted molar refractivity (Wildman–Crippen MR) is 265 cm³/mol. The van der Waals surface area contributed by atoms with Crippen molar-refractivity contribution in [3.8, 4) is 0 Å². The van der Waals surface area contributed by atoms with Gasteiger partial charge in [-0.1, -0.05) is 224 Å². The Hall–Kier alpha value is -1.28. The largest absolute Gasteiger partial charge is 0.756 e. The second kappa shape index (κ2) is 44.9. The summed E-state index contributed by atoms with van der Waals surface area (Å²) in [6.07, 6.45) is 56.6. The number of carbonyl (C=O) groups excluding carboxylic acids is 1. The zero-order valence-corrected chi connectivity index (χ0v) is 42.5. The van der Waals surface area contributed by atoms with Crippen molar-refractivity contribution >= 4 is 13.7 Å². The molecule has 0 aromatic rings. The van der Waals surface area contributed by atoms with Gasteiger partial charge in [-0.05, 0) is 51.4 Å². The monoisotopic (exact) mass is 895 g/mol. The van der Waals surface area contributed by atoms with Gasteiger partial charge in [0.25, 0.3) is 7.82 Å². The highest BCUT2D eigenvalue weighted by molar-refractivity contribution is 7.45. The Morgan fingerprint density at radius 3 is 1.34 bits per heavy atom. The van der Waals surface area contributed by atoms with E-state index in [4.69, 9.17) is 9.05 Å². The summed E-state index contributed by atoms with van der Waals surface area (Å²) in [7, 11) is 1.26. The molecule has 1 amide bonds. The van der Waals surface area contributed by atoms with Crippen molar-refractivity contribution in [2.45, 2.75) is 257 Å². The van der Waals surface area contributed by atoms with Gasteiger partial charge in [-0.25, -0.2) is 0 Å². The number of aliphatic hydroxyl groups excluding tert-OH is 1.